The number of hydrogen-bond acceptors (Lipinski definition) is 1. The summed E-state index contributed by atoms with van der Waals surface area (Å²) in [4.78, 5) is 10.3. The predicted molar refractivity (Wildman–Crippen MR) is 51.5 cm³/mol. The molecule has 0 saturated heterocycles. The van der Waals surface area contributed by atoms with Gasteiger partial charge in [-0.1, -0.05) is 24.3 Å². The van der Waals surface area contributed by atoms with Gasteiger partial charge < -0.3 is 0 Å². The van der Waals surface area contributed by atoms with Crippen molar-refractivity contribution in [2.45, 2.75) is 0 Å². The van der Waals surface area contributed by atoms with Crippen LogP contribution in [0.25, 0.3) is 6.08 Å². The highest BCUT2D eigenvalue weighted by Gasteiger charge is 1.98. The molecule has 3 heteroatoms. The molecule has 0 bridgehead atoms. The molecular weight excluding hydrogens is 191 g/mol. The number of halogens is 2. The molecule has 13 heavy (non-hydrogen) atoms. The maximum Gasteiger partial charge on any atom is 0.150 e. The number of hydrogen-bond donors (Lipinski definition) is 0. The highest BCUT2D eigenvalue weighted by molar-refractivity contribution is 6.19. The number of carbonyl (C=O) groups is 1. The highest BCUT2D eigenvalue weighted by Crippen LogP contribution is 2.10. The molecule has 0 amide bonds. The standard InChI is InChI=1S/C10H8ClFO/c11-5-1-2-9-4-3-8(7-13)6-10(9)12/h1-4,6-7H,5H2. The van der Waals surface area contributed by atoms with Crippen LogP contribution in [-0.2, 0) is 0 Å². The fraction of sp³-hybridized carbons (Fsp3) is 0.100. The van der Waals surface area contributed by atoms with Crippen LogP contribution in [0.15, 0.2) is 24.3 Å². The quantitative estimate of drug-likeness (QED) is 0.539. The highest BCUT2D eigenvalue weighted by atomic mass is 35.5. The lowest BCUT2D eigenvalue weighted by Gasteiger charge is -1.96. The van der Waals surface area contributed by atoms with Gasteiger partial charge in [0, 0.05) is 17.0 Å². The van der Waals surface area contributed by atoms with E-state index >= 15 is 0 Å². The van der Waals surface area contributed by atoms with Crippen molar-refractivity contribution < 1.29 is 9.18 Å². The van der Waals surface area contributed by atoms with Gasteiger partial charge in [-0.3, -0.25) is 4.79 Å². The number of carbonyl (C=O) groups excluding carboxylic acids is 1. The van der Waals surface area contributed by atoms with Crippen molar-refractivity contribution in [1.82, 2.24) is 0 Å². The largest absolute Gasteiger partial charge is 0.298 e. The van der Waals surface area contributed by atoms with Crippen LogP contribution in [0.3, 0.4) is 0 Å². The molecule has 0 radical (unpaired) electrons. The zero-order valence-corrected chi connectivity index (χ0v) is 7.59. The van der Waals surface area contributed by atoms with E-state index in [2.05, 4.69) is 0 Å². The topological polar surface area (TPSA) is 17.1 Å². The second kappa shape index (κ2) is 4.77. The van der Waals surface area contributed by atoms with Crippen LogP contribution >= 0.6 is 11.6 Å². The summed E-state index contributed by atoms with van der Waals surface area (Å²) >= 11 is 5.40. The van der Waals surface area contributed by atoms with E-state index in [1.807, 2.05) is 0 Å². The predicted octanol–water partition coefficient (Wildman–Crippen LogP) is 2.89. The summed E-state index contributed by atoms with van der Waals surface area (Å²) in [6.45, 7) is 0. The van der Waals surface area contributed by atoms with Crippen molar-refractivity contribution in [3.05, 3.63) is 41.2 Å². The molecule has 1 aromatic carbocycles. The first-order chi connectivity index (χ1) is 6.27. The smallest absolute Gasteiger partial charge is 0.150 e. The number of aldehydes is 1. The van der Waals surface area contributed by atoms with Crippen LogP contribution in [0, 0.1) is 5.82 Å². The van der Waals surface area contributed by atoms with Crippen LogP contribution in [-0.4, -0.2) is 12.2 Å². The lowest BCUT2D eigenvalue weighted by Crippen LogP contribution is -1.86. The fourth-order valence-corrected chi connectivity index (χ4v) is 1.01. The third kappa shape index (κ3) is 2.67. The van der Waals surface area contributed by atoms with Crippen LogP contribution < -0.4 is 0 Å². The molecule has 1 rings (SSSR count). The Labute approximate surface area is 80.8 Å². The van der Waals surface area contributed by atoms with Crippen molar-refractivity contribution in [1.29, 1.82) is 0 Å². The van der Waals surface area contributed by atoms with Gasteiger partial charge in [0.15, 0.2) is 0 Å². The Bertz CT molecular complexity index is 334. The number of rotatable bonds is 3. The lowest BCUT2D eigenvalue weighted by molar-refractivity contribution is 0.112. The summed E-state index contributed by atoms with van der Waals surface area (Å²) < 4.78 is 13.1. The monoisotopic (exact) mass is 198 g/mol. The summed E-state index contributed by atoms with van der Waals surface area (Å²) in [6, 6.07) is 4.30. The second-order valence-corrected chi connectivity index (χ2v) is 2.76. The molecule has 1 aromatic rings. The lowest BCUT2D eigenvalue weighted by atomic mass is 10.1. The zero-order valence-electron chi connectivity index (χ0n) is 6.84. The summed E-state index contributed by atoms with van der Waals surface area (Å²) in [6.07, 6.45) is 3.83. The van der Waals surface area contributed by atoms with Gasteiger partial charge in [-0.05, 0) is 6.07 Å². The SMILES string of the molecule is O=Cc1ccc(C=CCCl)c(F)c1. The van der Waals surface area contributed by atoms with Crippen molar-refractivity contribution in [3.63, 3.8) is 0 Å². The molecule has 0 unspecified atom stereocenters. The van der Waals surface area contributed by atoms with Crippen LogP contribution in [0.5, 0.6) is 0 Å². The summed E-state index contributed by atoms with van der Waals surface area (Å²) in [5, 5.41) is 0. The third-order valence-electron chi connectivity index (χ3n) is 1.55. The minimum absolute atomic E-state index is 0.334. The molecule has 0 aliphatic heterocycles. The molecule has 0 spiro atoms. The minimum Gasteiger partial charge on any atom is -0.298 e. The fourth-order valence-electron chi connectivity index (χ4n) is 0.923. The first-order valence-corrected chi connectivity index (χ1v) is 4.28. The van der Waals surface area contributed by atoms with E-state index in [9.17, 15) is 9.18 Å². The van der Waals surface area contributed by atoms with Gasteiger partial charge in [-0.25, -0.2) is 4.39 Å². The number of alkyl halides is 1. The molecular formula is C10H8ClFO. The van der Waals surface area contributed by atoms with Crippen LogP contribution in [0.4, 0.5) is 4.39 Å². The molecule has 1 nitrogen and oxygen atoms in total. The van der Waals surface area contributed by atoms with E-state index in [1.165, 1.54) is 6.07 Å². The van der Waals surface area contributed by atoms with Crippen LogP contribution in [0.2, 0.25) is 0 Å². The van der Waals surface area contributed by atoms with Gasteiger partial charge in [0.2, 0.25) is 0 Å². The second-order valence-electron chi connectivity index (χ2n) is 2.46. The molecule has 0 heterocycles. The average Bonchev–Trinajstić information content (AvgIpc) is 2.16. The first kappa shape index (κ1) is 9.93. The van der Waals surface area contributed by atoms with E-state index in [4.69, 9.17) is 11.6 Å². The molecule has 0 fully saturated rings. The average molecular weight is 199 g/mol. The van der Waals surface area contributed by atoms with E-state index < -0.39 is 5.82 Å². The van der Waals surface area contributed by atoms with E-state index in [0.29, 0.717) is 23.3 Å². The molecule has 68 valence electrons. The Kier molecular flexibility index (Phi) is 3.65. The molecule has 0 aliphatic rings. The normalized spacial score (nSPS) is 10.6. The van der Waals surface area contributed by atoms with Crippen molar-refractivity contribution in [3.8, 4) is 0 Å². The van der Waals surface area contributed by atoms with Gasteiger partial charge in [0.1, 0.15) is 12.1 Å². The molecule has 0 aromatic heterocycles. The van der Waals surface area contributed by atoms with Gasteiger partial charge in [0.25, 0.3) is 0 Å². The maximum absolute atomic E-state index is 13.1. The summed E-state index contributed by atoms with van der Waals surface area (Å²) in [5.41, 5.74) is 0.770. The molecule has 0 N–H and O–H groups in total. The molecule has 0 saturated carbocycles. The van der Waals surface area contributed by atoms with E-state index in [1.54, 1.807) is 24.3 Å². The summed E-state index contributed by atoms with van der Waals surface area (Å²) in [5.74, 6) is -0.0690. The minimum atomic E-state index is -0.411. The zero-order chi connectivity index (χ0) is 9.68. The summed E-state index contributed by atoms with van der Waals surface area (Å²) in [7, 11) is 0. The molecule has 0 atom stereocenters. The van der Waals surface area contributed by atoms with Crippen molar-refractivity contribution >= 4 is 24.0 Å². The number of allylic oxidation sites excluding steroid dienone is 1. The Hall–Kier alpha value is -1.15. The Balaban J connectivity index is 2.98. The Morgan fingerprint density at radius 3 is 2.77 bits per heavy atom. The number of benzene rings is 1. The first-order valence-electron chi connectivity index (χ1n) is 3.75. The van der Waals surface area contributed by atoms with E-state index in [0.717, 1.165) is 0 Å². The van der Waals surface area contributed by atoms with Gasteiger partial charge in [0.05, 0.1) is 0 Å². The van der Waals surface area contributed by atoms with Crippen molar-refractivity contribution in [2.24, 2.45) is 0 Å². The van der Waals surface area contributed by atoms with Crippen LogP contribution in [0.1, 0.15) is 15.9 Å². The van der Waals surface area contributed by atoms with Gasteiger partial charge in [-0.2, -0.15) is 0 Å². The van der Waals surface area contributed by atoms with E-state index in [-0.39, 0.29) is 0 Å². The third-order valence-corrected chi connectivity index (χ3v) is 1.73. The van der Waals surface area contributed by atoms with Gasteiger partial charge in [-0.15, -0.1) is 11.6 Å². The van der Waals surface area contributed by atoms with Crippen molar-refractivity contribution in [2.75, 3.05) is 5.88 Å². The Morgan fingerprint density at radius 1 is 1.46 bits per heavy atom. The maximum atomic E-state index is 13.1. The Morgan fingerprint density at radius 2 is 2.23 bits per heavy atom. The molecule has 0 aliphatic carbocycles. The van der Waals surface area contributed by atoms with Gasteiger partial charge >= 0.3 is 0 Å².